The third-order valence-electron chi connectivity index (χ3n) is 2.84. The van der Waals surface area contributed by atoms with Crippen LogP contribution in [0.2, 0.25) is 0 Å². The van der Waals surface area contributed by atoms with E-state index in [2.05, 4.69) is 6.58 Å². The number of ether oxygens (including phenoxy) is 1. The van der Waals surface area contributed by atoms with Crippen LogP contribution in [-0.2, 0) is 0 Å². The van der Waals surface area contributed by atoms with Gasteiger partial charge in [0.05, 0.1) is 6.26 Å². The molecule has 0 aromatic heterocycles. The van der Waals surface area contributed by atoms with E-state index in [0.717, 1.165) is 5.56 Å². The Balaban J connectivity index is 2.41. The lowest BCUT2D eigenvalue weighted by Crippen LogP contribution is -1.94. The van der Waals surface area contributed by atoms with Crippen molar-refractivity contribution in [2.45, 2.75) is 6.92 Å². The topological polar surface area (TPSA) is 9.23 Å². The van der Waals surface area contributed by atoms with Crippen molar-refractivity contribution in [3.05, 3.63) is 72.5 Å². The quantitative estimate of drug-likeness (QED) is 0.696. The second-order valence-corrected chi connectivity index (χ2v) is 4.15. The van der Waals surface area contributed by atoms with E-state index in [1.54, 1.807) is 43.3 Å². The molecule has 102 valence electrons. The molecule has 0 bridgehead atoms. The molecule has 0 aliphatic rings. The molecule has 0 heterocycles. The molecule has 0 aliphatic heterocycles. The van der Waals surface area contributed by atoms with E-state index < -0.39 is 11.6 Å². The first-order chi connectivity index (χ1) is 9.67. The standard InChI is InChI=1S/C17H14F2O/c1-3-11-20-15-10-9-14(16(18)17(15)19)13-7-5-12(4-2)6-8-13/h3-11H,2H2,1H3. The molecule has 0 unspecified atom stereocenters. The predicted molar refractivity (Wildman–Crippen MR) is 77.3 cm³/mol. The molecule has 0 saturated heterocycles. The average Bonchev–Trinajstić information content (AvgIpc) is 2.49. The van der Waals surface area contributed by atoms with Crippen LogP contribution in [0.5, 0.6) is 5.75 Å². The molecule has 0 fully saturated rings. The minimum absolute atomic E-state index is 0.132. The molecule has 20 heavy (non-hydrogen) atoms. The molecule has 1 nitrogen and oxygen atoms in total. The maximum absolute atomic E-state index is 14.1. The molecule has 0 aliphatic carbocycles. The zero-order valence-corrected chi connectivity index (χ0v) is 11.1. The van der Waals surface area contributed by atoms with Gasteiger partial charge in [-0.2, -0.15) is 4.39 Å². The molecule has 3 heteroatoms. The highest BCUT2D eigenvalue weighted by atomic mass is 19.2. The summed E-state index contributed by atoms with van der Waals surface area (Å²) in [5.41, 5.74) is 1.72. The molecule has 0 radical (unpaired) electrons. The van der Waals surface area contributed by atoms with Gasteiger partial charge >= 0.3 is 0 Å². The lowest BCUT2D eigenvalue weighted by atomic mass is 10.0. The molecule has 2 aromatic carbocycles. The fraction of sp³-hybridized carbons (Fsp3) is 0.0588. The van der Waals surface area contributed by atoms with Gasteiger partial charge in [-0.05, 0) is 30.2 Å². The van der Waals surface area contributed by atoms with Gasteiger partial charge in [-0.1, -0.05) is 43.0 Å². The van der Waals surface area contributed by atoms with Crippen LogP contribution in [0.15, 0.2) is 55.3 Å². The third kappa shape index (κ3) is 2.77. The van der Waals surface area contributed by atoms with Gasteiger partial charge in [0.25, 0.3) is 0 Å². The molecular weight excluding hydrogens is 258 g/mol. The summed E-state index contributed by atoms with van der Waals surface area (Å²) in [7, 11) is 0. The lowest BCUT2D eigenvalue weighted by molar-refractivity contribution is 0.415. The Hall–Kier alpha value is -2.42. The lowest BCUT2D eigenvalue weighted by Gasteiger charge is -2.08. The second kappa shape index (κ2) is 6.15. The molecule has 0 N–H and O–H groups in total. The summed E-state index contributed by atoms with van der Waals surface area (Å²) in [6, 6.07) is 9.95. The molecule has 2 aromatic rings. The Kier molecular flexibility index (Phi) is 4.31. The summed E-state index contributed by atoms with van der Waals surface area (Å²) < 4.78 is 32.9. The van der Waals surface area contributed by atoms with Gasteiger partial charge in [-0.3, -0.25) is 0 Å². The highest BCUT2D eigenvalue weighted by molar-refractivity contribution is 5.67. The number of hydrogen-bond donors (Lipinski definition) is 0. The first kappa shape index (κ1) is 14.0. The fourth-order valence-corrected chi connectivity index (χ4v) is 1.79. The molecule has 0 saturated carbocycles. The summed E-state index contributed by atoms with van der Waals surface area (Å²) in [6.07, 6.45) is 4.59. The Labute approximate surface area is 116 Å². The van der Waals surface area contributed by atoms with Crippen molar-refractivity contribution < 1.29 is 13.5 Å². The van der Waals surface area contributed by atoms with Crippen LogP contribution in [0.25, 0.3) is 17.2 Å². The normalized spacial score (nSPS) is 10.8. The fourth-order valence-electron chi connectivity index (χ4n) is 1.79. The first-order valence-electron chi connectivity index (χ1n) is 6.16. The predicted octanol–water partition coefficient (Wildman–Crippen LogP) is 5.19. The van der Waals surface area contributed by atoms with Crippen LogP contribution in [-0.4, -0.2) is 0 Å². The van der Waals surface area contributed by atoms with Crippen molar-refractivity contribution in [2.75, 3.05) is 0 Å². The molecule has 2 rings (SSSR count). The Bertz CT molecular complexity index is 643. The van der Waals surface area contributed by atoms with E-state index in [-0.39, 0.29) is 11.3 Å². The maximum Gasteiger partial charge on any atom is 0.201 e. The zero-order chi connectivity index (χ0) is 14.5. The summed E-state index contributed by atoms with van der Waals surface area (Å²) in [5.74, 6) is -2.04. The van der Waals surface area contributed by atoms with Gasteiger partial charge in [0, 0.05) is 5.56 Å². The Morgan fingerprint density at radius 2 is 1.70 bits per heavy atom. The molecule has 0 spiro atoms. The number of halogens is 2. The van der Waals surface area contributed by atoms with Gasteiger partial charge in [0.15, 0.2) is 11.6 Å². The maximum atomic E-state index is 14.1. The van der Waals surface area contributed by atoms with Gasteiger partial charge in [-0.15, -0.1) is 0 Å². The van der Waals surface area contributed by atoms with Crippen molar-refractivity contribution in [1.82, 2.24) is 0 Å². The van der Waals surface area contributed by atoms with Crippen molar-refractivity contribution in [2.24, 2.45) is 0 Å². The minimum Gasteiger partial charge on any atom is -0.462 e. The first-order valence-corrected chi connectivity index (χ1v) is 6.16. The number of allylic oxidation sites excluding steroid dienone is 1. The SMILES string of the molecule is C=Cc1ccc(-c2ccc(OC=CC)c(F)c2F)cc1. The van der Waals surface area contributed by atoms with Crippen LogP contribution in [0, 0.1) is 11.6 Å². The highest BCUT2D eigenvalue weighted by Gasteiger charge is 2.15. The van der Waals surface area contributed by atoms with E-state index in [0.29, 0.717) is 5.56 Å². The van der Waals surface area contributed by atoms with E-state index >= 15 is 0 Å². The van der Waals surface area contributed by atoms with E-state index in [4.69, 9.17) is 4.74 Å². The van der Waals surface area contributed by atoms with Crippen molar-refractivity contribution in [3.8, 4) is 16.9 Å². The van der Waals surface area contributed by atoms with Crippen LogP contribution >= 0.6 is 0 Å². The Morgan fingerprint density at radius 1 is 1.00 bits per heavy atom. The largest absolute Gasteiger partial charge is 0.462 e. The summed E-state index contributed by atoms with van der Waals surface area (Å²) in [6.45, 7) is 5.37. The van der Waals surface area contributed by atoms with E-state index in [1.165, 1.54) is 18.4 Å². The number of hydrogen-bond acceptors (Lipinski definition) is 1. The Morgan fingerprint density at radius 3 is 2.30 bits per heavy atom. The molecule has 0 amide bonds. The van der Waals surface area contributed by atoms with Crippen LogP contribution in [0.3, 0.4) is 0 Å². The number of rotatable bonds is 4. The van der Waals surface area contributed by atoms with Gasteiger partial charge in [0.2, 0.25) is 5.82 Å². The average molecular weight is 272 g/mol. The van der Waals surface area contributed by atoms with Crippen LogP contribution < -0.4 is 4.74 Å². The van der Waals surface area contributed by atoms with Crippen molar-refractivity contribution >= 4 is 6.08 Å². The molecular formula is C17H14F2O. The van der Waals surface area contributed by atoms with E-state index in [1.807, 2.05) is 0 Å². The zero-order valence-electron chi connectivity index (χ0n) is 11.1. The third-order valence-corrected chi connectivity index (χ3v) is 2.84. The summed E-state index contributed by atoms with van der Waals surface area (Å²) in [4.78, 5) is 0. The summed E-state index contributed by atoms with van der Waals surface area (Å²) in [5, 5.41) is 0. The van der Waals surface area contributed by atoms with Crippen LogP contribution in [0.1, 0.15) is 12.5 Å². The van der Waals surface area contributed by atoms with Crippen molar-refractivity contribution in [1.29, 1.82) is 0 Å². The van der Waals surface area contributed by atoms with Gasteiger partial charge in [-0.25, -0.2) is 4.39 Å². The second-order valence-electron chi connectivity index (χ2n) is 4.15. The smallest absolute Gasteiger partial charge is 0.201 e. The monoisotopic (exact) mass is 272 g/mol. The van der Waals surface area contributed by atoms with Gasteiger partial charge in [0.1, 0.15) is 0 Å². The minimum atomic E-state index is -0.992. The van der Waals surface area contributed by atoms with Gasteiger partial charge < -0.3 is 4.74 Å². The summed E-state index contributed by atoms with van der Waals surface area (Å²) >= 11 is 0. The highest BCUT2D eigenvalue weighted by Crippen LogP contribution is 2.30. The molecule has 0 atom stereocenters. The van der Waals surface area contributed by atoms with E-state index in [9.17, 15) is 8.78 Å². The van der Waals surface area contributed by atoms with Crippen LogP contribution in [0.4, 0.5) is 8.78 Å². The number of benzene rings is 2. The van der Waals surface area contributed by atoms with Crippen molar-refractivity contribution in [3.63, 3.8) is 0 Å².